The highest BCUT2D eigenvalue weighted by molar-refractivity contribution is 8.25. The van der Waals surface area contributed by atoms with Gasteiger partial charge in [0.2, 0.25) is 10.2 Å². The smallest absolute Gasteiger partial charge is 0.226 e. The molecule has 0 saturated carbocycles. The van der Waals surface area contributed by atoms with E-state index in [-0.39, 0.29) is 21.1 Å². The van der Waals surface area contributed by atoms with Crippen molar-refractivity contribution in [2.75, 3.05) is 0 Å². The van der Waals surface area contributed by atoms with Crippen LogP contribution in [0.4, 0.5) is 0 Å². The van der Waals surface area contributed by atoms with E-state index < -0.39 is 0 Å². The van der Waals surface area contributed by atoms with Gasteiger partial charge in [-0.2, -0.15) is 0 Å². The van der Waals surface area contributed by atoms with Crippen molar-refractivity contribution in [2.45, 2.75) is 111 Å². The highest BCUT2D eigenvalue weighted by Gasteiger charge is 2.42. The highest BCUT2D eigenvalue weighted by Crippen LogP contribution is 2.58. The van der Waals surface area contributed by atoms with Crippen LogP contribution < -0.4 is 0 Å². The molecule has 0 spiro atoms. The number of rotatable bonds is 12. The van der Waals surface area contributed by atoms with Crippen LogP contribution in [-0.4, -0.2) is 20.2 Å². The first-order chi connectivity index (χ1) is 29.3. The van der Waals surface area contributed by atoms with Crippen LogP contribution in [0, 0.1) is 13.8 Å². The fraction of sp³-hybridized carbons (Fsp3) is 0.333. The summed E-state index contributed by atoms with van der Waals surface area (Å²) in [5.74, 6) is 0. The van der Waals surface area contributed by atoms with E-state index in [9.17, 15) is 9.59 Å². The predicted octanol–water partition coefficient (Wildman–Crippen LogP) is 16.8. The fourth-order valence-electron chi connectivity index (χ4n) is 9.50. The van der Waals surface area contributed by atoms with Gasteiger partial charge in [-0.3, -0.25) is 9.59 Å². The summed E-state index contributed by atoms with van der Waals surface area (Å²) in [7, 11) is 0. The monoisotopic (exact) mass is 912 g/mol. The second kappa shape index (κ2) is 15.6. The van der Waals surface area contributed by atoms with Crippen molar-refractivity contribution in [3.8, 4) is 9.88 Å². The number of unbranched alkanes of at least 4 members (excludes halogenated alkanes) is 2. The number of aryl methyl sites for hydroxylation is 2. The van der Waals surface area contributed by atoms with Crippen molar-refractivity contribution in [1.82, 2.24) is 9.97 Å². The Balaban J connectivity index is 1.01. The average molecular weight is 913 g/mol. The van der Waals surface area contributed by atoms with Gasteiger partial charge in [0.25, 0.3) is 0 Å². The fourth-order valence-corrected chi connectivity index (χ4v) is 17.0. The lowest BCUT2D eigenvalue weighted by Gasteiger charge is -2.26. The normalized spacial score (nSPS) is 15.9. The number of carbonyl (C=O) groups excluding carboxylic acids is 2. The second-order valence-corrected chi connectivity index (χ2v) is 23.9. The van der Waals surface area contributed by atoms with Crippen LogP contribution in [0.3, 0.4) is 0 Å². The zero-order valence-corrected chi connectivity index (χ0v) is 40.8. The molecule has 4 nitrogen and oxygen atoms in total. The number of fused-ring (bicyclic) bond motifs is 10. The molecule has 6 heterocycles. The number of thioether (sulfide) groups is 2. The van der Waals surface area contributed by atoms with Crippen LogP contribution in [0.2, 0.25) is 0 Å². The van der Waals surface area contributed by atoms with E-state index in [1.165, 1.54) is 118 Å². The van der Waals surface area contributed by atoms with E-state index >= 15 is 0 Å². The number of nitrogens with zero attached hydrogens (tertiary/aromatic N) is 2. The quantitative estimate of drug-likeness (QED) is 0.0899. The van der Waals surface area contributed by atoms with Crippen LogP contribution >= 0.6 is 68.9 Å². The largest absolute Gasteiger partial charge is 0.281 e. The van der Waals surface area contributed by atoms with Gasteiger partial charge in [-0.25, -0.2) is 9.97 Å². The van der Waals surface area contributed by atoms with Crippen LogP contribution in [0.1, 0.15) is 117 Å². The van der Waals surface area contributed by atoms with E-state index in [2.05, 4.69) is 104 Å². The number of thiophene rings is 2. The van der Waals surface area contributed by atoms with E-state index in [1.54, 1.807) is 34.0 Å². The van der Waals surface area contributed by atoms with Gasteiger partial charge in [-0.15, -0.1) is 45.3 Å². The Morgan fingerprint density at radius 1 is 0.590 bits per heavy atom. The van der Waals surface area contributed by atoms with Crippen LogP contribution in [0.25, 0.3) is 73.5 Å². The molecular formula is C51H48N2O2S6. The lowest BCUT2D eigenvalue weighted by molar-refractivity contribution is -0.106. The number of aromatic nitrogens is 2. The van der Waals surface area contributed by atoms with Gasteiger partial charge in [-0.1, -0.05) is 104 Å². The first-order valence-electron chi connectivity index (χ1n) is 21.5. The molecule has 0 saturated heterocycles. The summed E-state index contributed by atoms with van der Waals surface area (Å²) < 4.78 is 2.67. The predicted molar refractivity (Wildman–Crippen MR) is 271 cm³/mol. The van der Waals surface area contributed by atoms with Gasteiger partial charge in [0.15, 0.2) is 0 Å². The van der Waals surface area contributed by atoms with Crippen LogP contribution in [0.15, 0.2) is 70.7 Å². The molecule has 4 aromatic carbocycles. The lowest BCUT2D eigenvalue weighted by Crippen LogP contribution is -2.18. The molecular weight excluding hydrogens is 865 g/mol. The van der Waals surface area contributed by atoms with Gasteiger partial charge in [-0.05, 0) is 112 Å². The van der Waals surface area contributed by atoms with Crippen molar-refractivity contribution >= 4 is 143 Å². The molecule has 0 fully saturated rings. The van der Waals surface area contributed by atoms with Gasteiger partial charge in [0.1, 0.15) is 5.01 Å². The minimum atomic E-state index is -0.0631. The molecule has 2 aliphatic heterocycles. The molecule has 1 unspecified atom stereocenters. The van der Waals surface area contributed by atoms with Crippen molar-refractivity contribution in [1.29, 1.82) is 0 Å². The Kier molecular flexibility index (Phi) is 10.6. The SMILES string of the molecule is CCCCCC(C)(C)c1ncc(C2=C3SC(=O)C(c4cnc(-c5cc6ccc7c8cc(C)c9c(ccc%10cc(C(C)(CC)CCC)sc%109)c8cc(C)c7c6s5)s4)=C3SC2=O)s1. The number of hydrogen-bond acceptors (Lipinski definition) is 10. The number of hydrogen-bond donors (Lipinski definition) is 0. The number of thiazole rings is 2. The zero-order chi connectivity index (χ0) is 42.5. The average Bonchev–Trinajstić information content (AvgIpc) is 4.09. The van der Waals surface area contributed by atoms with Crippen molar-refractivity contribution < 1.29 is 9.59 Å². The van der Waals surface area contributed by atoms with Crippen LogP contribution in [-0.2, 0) is 20.4 Å². The second-order valence-electron chi connectivity index (χ2n) is 17.8. The summed E-state index contributed by atoms with van der Waals surface area (Å²) in [6.07, 6.45) is 11.8. The van der Waals surface area contributed by atoms with Crippen LogP contribution in [0.5, 0.6) is 0 Å². The Morgan fingerprint density at radius 3 is 1.79 bits per heavy atom. The number of benzene rings is 4. The summed E-state index contributed by atoms with van der Waals surface area (Å²) in [5, 5.41) is 12.3. The Hall–Kier alpha value is -3.64. The van der Waals surface area contributed by atoms with E-state index in [0.29, 0.717) is 11.1 Å². The Bertz CT molecular complexity index is 3220. The molecule has 0 radical (unpaired) electrons. The third kappa shape index (κ3) is 6.73. The maximum Gasteiger partial charge on any atom is 0.226 e. The molecule has 0 amide bonds. The van der Waals surface area contributed by atoms with Gasteiger partial charge >= 0.3 is 0 Å². The molecule has 0 bridgehead atoms. The highest BCUT2D eigenvalue weighted by atomic mass is 32.2. The molecule has 8 aromatic rings. The standard InChI is InChI=1S/C51H48N2O2S6/c1-9-12-13-19-50(6,7)49-53-25-36(58-49)41-45-44(60-48(41)55)40(47(54)61-45)35-24-52-46(57-35)34-22-28-14-16-30-32-21-27(5)39-31(33(32)20-26(4)38(30)42(28)56-34)17-15-29-23-37(59-43(29)39)51(8,11-3)18-10-2/h14-17,20-25H,9-13,18-19H2,1-8H3. The van der Waals surface area contributed by atoms with E-state index in [1.807, 2.05) is 23.7 Å². The third-order valence-electron chi connectivity index (χ3n) is 13.1. The van der Waals surface area contributed by atoms with Crippen molar-refractivity contribution in [3.05, 3.63) is 102 Å². The lowest BCUT2D eigenvalue weighted by atomic mass is 9.81. The molecule has 0 aliphatic carbocycles. The summed E-state index contributed by atoms with van der Waals surface area (Å²) in [6.45, 7) is 18.3. The Labute approximate surface area is 382 Å². The molecule has 1 atom stereocenters. The molecule has 310 valence electrons. The van der Waals surface area contributed by atoms with Gasteiger partial charge in [0.05, 0.1) is 30.8 Å². The number of carbonyl (C=O) groups is 2. The first-order valence-corrected chi connectivity index (χ1v) is 26.4. The third-order valence-corrected chi connectivity index (χ3v) is 20.4. The first kappa shape index (κ1) is 41.4. The molecule has 4 aromatic heterocycles. The minimum Gasteiger partial charge on any atom is -0.281 e. The minimum absolute atomic E-state index is 0.00965. The molecule has 61 heavy (non-hydrogen) atoms. The topological polar surface area (TPSA) is 59.9 Å². The molecule has 10 rings (SSSR count). The molecule has 10 heteroatoms. The van der Waals surface area contributed by atoms with E-state index in [4.69, 9.17) is 9.97 Å². The maximum atomic E-state index is 13.7. The van der Waals surface area contributed by atoms with Gasteiger partial charge < -0.3 is 0 Å². The summed E-state index contributed by atoms with van der Waals surface area (Å²) in [6, 6.07) is 18.8. The van der Waals surface area contributed by atoms with Crippen molar-refractivity contribution in [3.63, 3.8) is 0 Å². The zero-order valence-electron chi connectivity index (χ0n) is 35.9. The summed E-state index contributed by atoms with van der Waals surface area (Å²) in [5.41, 5.74) is 3.97. The van der Waals surface area contributed by atoms with Crippen molar-refractivity contribution in [2.24, 2.45) is 0 Å². The van der Waals surface area contributed by atoms with Gasteiger partial charge in [0, 0.05) is 58.1 Å². The Morgan fingerprint density at radius 2 is 1.18 bits per heavy atom. The summed E-state index contributed by atoms with van der Waals surface area (Å²) >= 11 is 9.29. The molecule has 2 aliphatic rings. The summed E-state index contributed by atoms with van der Waals surface area (Å²) in [4.78, 5) is 42.8. The molecule has 0 N–H and O–H groups in total. The van der Waals surface area contributed by atoms with E-state index in [0.717, 1.165) is 53.7 Å². The maximum absolute atomic E-state index is 13.7.